The number of carbonyl (C=O) groups is 1. The molecule has 0 radical (unpaired) electrons. The molecular formula is C11H20Cl2O. The van der Waals surface area contributed by atoms with Gasteiger partial charge in [0.25, 0.3) is 0 Å². The molecule has 0 aromatic heterocycles. The van der Waals surface area contributed by atoms with Gasteiger partial charge in [-0.3, -0.25) is 4.79 Å². The lowest BCUT2D eigenvalue weighted by Gasteiger charge is -2.01. The second kappa shape index (κ2) is 9.79. The first kappa shape index (κ1) is 14.2. The van der Waals surface area contributed by atoms with Gasteiger partial charge in [-0.2, -0.15) is 0 Å². The molecule has 0 aliphatic rings. The highest BCUT2D eigenvalue weighted by molar-refractivity contribution is 6.53. The highest BCUT2D eigenvalue weighted by Gasteiger charge is 2.09. The zero-order valence-corrected chi connectivity index (χ0v) is 10.4. The second-order valence-corrected chi connectivity index (χ2v) is 4.73. The minimum Gasteiger partial charge on any atom is -0.297 e. The number of alkyl halides is 2. The molecule has 0 spiro atoms. The lowest BCUT2D eigenvalue weighted by atomic mass is 10.1. The number of hydrogen-bond donors (Lipinski definition) is 0. The van der Waals surface area contributed by atoms with Crippen LogP contribution in [-0.2, 0) is 4.79 Å². The van der Waals surface area contributed by atoms with E-state index in [1.165, 1.54) is 32.1 Å². The van der Waals surface area contributed by atoms with Crippen molar-refractivity contribution in [1.82, 2.24) is 0 Å². The zero-order chi connectivity index (χ0) is 10.8. The summed E-state index contributed by atoms with van der Waals surface area (Å²) in [6.45, 7) is 2.21. The number of hydrogen-bond acceptors (Lipinski definition) is 1. The van der Waals surface area contributed by atoms with E-state index in [-0.39, 0.29) is 5.78 Å². The third-order valence-corrected chi connectivity index (χ3v) is 2.76. The summed E-state index contributed by atoms with van der Waals surface area (Å²) in [5.41, 5.74) is 0. The van der Waals surface area contributed by atoms with E-state index < -0.39 is 4.84 Å². The van der Waals surface area contributed by atoms with Gasteiger partial charge in [-0.1, -0.05) is 68.7 Å². The van der Waals surface area contributed by atoms with Crippen molar-refractivity contribution in [3.63, 3.8) is 0 Å². The SMILES string of the molecule is CCCCCCCCCC(=O)C(Cl)Cl. The molecule has 0 aliphatic heterocycles. The molecule has 1 nitrogen and oxygen atoms in total. The molecule has 0 unspecified atom stereocenters. The Balaban J connectivity index is 3.10. The average molecular weight is 239 g/mol. The second-order valence-electron chi connectivity index (χ2n) is 3.64. The van der Waals surface area contributed by atoms with Gasteiger partial charge in [0.15, 0.2) is 10.6 Å². The summed E-state index contributed by atoms with van der Waals surface area (Å²) < 4.78 is 0. The van der Waals surface area contributed by atoms with E-state index in [9.17, 15) is 4.79 Å². The predicted molar refractivity (Wildman–Crippen MR) is 63.1 cm³/mol. The molecule has 14 heavy (non-hydrogen) atoms. The van der Waals surface area contributed by atoms with E-state index in [2.05, 4.69) is 6.92 Å². The number of rotatable bonds is 9. The Hall–Kier alpha value is 0.250. The summed E-state index contributed by atoms with van der Waals surface area (Å²) in [6.07, 6.45) is 9.01. The van der Waals surface area contributed by atoms with Crippen LogP contribution >= 0.6 is 23.2 Å². The fourth-order valence-electron chi connectivity index (χ4n) is 1.37. The molecule has 0 saturated heterocycles. The van der Waals surface area contributed by atoms with Crippen LogP contribution in [0.4, 0.5) is 0 Å². The molecule has 0 bridgehead atoms. The van der Waals surface area contributed by atoms with E-state index in [0.717, 1.165) is 12.8 Å². The molecule has 0 N–H and O–H groups in total. The van der Waals surface area contributed by atoms with Crippen LogP contribution in [0.1, 0.15) is 58.3 Å². The minimum absolute atomic E-state index is 0.0399. The summed E-state index contributed by atoms with van der Waals surface area (Å²) in [4.78, 5) is 10.2. The van der Waals surface area contributed by atoms with Gasteiger partial charge in [0.05, 0.1) is 0 Å². The molecule has 0 fully saturated rings. The van der Waals surface area contributed by atoms with Crippen molar-refractivity contribution in [2.45, 2.75) is 63.1 Å². The fourth-order valence-corrected chi connectivity index (χ4v) is 1.58. The Bertz CT molecular complexity index is 146. The van der Waals surface area contributed by atoms with Gasteiger partial charge in [-0.15, -0.1) is 0 Å². The van der Waals surface area contributed by atoms with Crippen molar-refractivity contribution in [1.29, 1.82) is 0 Å². The summed E-state index contributed by atoms with van der Waals surface area (Å²) >= 11 is 10.9. The first-order valence-electron chi connectivity index (χ1n) is 5.49. The van der Waals surface area contributed by atoms with Crippen LogP contribution < -0.4 is 0 Å². The van der Waals surface area contributed by atoms with Crippen molar-refractivity contribution in [2.75, 3.05) is 0 Å². The average Bonchev–Trinajstić information content (AvgIpc) is 2.16. The molecule has 0 atom stereocenters. The maximum absolute atomic E-state index is 11.0. The van der Waals surface area contributed by atoms with Crippen molar-refractivity contribution >= 4 is 29.0 Å². The van der Waals surface area contributed by atoms with Gasteiger partial charge in [0, 0.05) is 6.42 Å². The summed E-state index contributed by atoms with van der Waals surface area (Å²) in [7, 11) is 0. The first-order valence-corrected chi connectivity index (χ1v) is 6.36. The largest absolute Gasteiger partial charge is 0.297 e. The van der Waals surface area contributed by atoms with E-state index in [1.54, 1.807) is 0 Å². The number of ketones is 1. The Kier molecular flexibility index (Phi) is 9.97. The van der Waals surface area contributed by atoms with E-state index in [4.69, 9.17) is 23.2 Å². The lowest BCUT2D eigenvalue weighted by Crippen LogP contribution is -2.06. The van der Waals surface area contributed by atoms with Crippen LogP contribution in [-0.4, -0.2) is 10.6 Å². The van der Waals surface area contributed by atoms with Crippen LogP contribution in [0.3, 0.4) is 0 Å². The summed E-state index contributed by atoms with van der Waals surface area (Å²) in [6, 6.07) is 0. The van der Waals surface area contributed by atoms with Gasteiger partial charge >= 0.3 is 0 Å². The number of unbranched alkanes of at least 4 members (excludes halogenated alkanes) is 6. The fraction of sp³-hybridized carbons (Fsp3) is 0.909. The molecule has 0 heterocycles. The Morgan fingerprint density at radius 3 is 2.00 bits per heavy atom. The van der Waals surface area contributed by atoms with Crippen LogP contribution in [0, 0.1) is 0 Å². The molecular weight excluding hydrogens is 219 g/mol. The molecule has 0 aromatic rings. The molecule has 0 saturated carbocycles. The van der Waals surface area contributed by atoms with Crippen LogP contribution in [0.25, 0.3) is 0 Å². The lowest BCUT2D eigenvalue weighted by molar-refractivity contribution is -0.117. The van der Waals surface area contributed by atoms with Crippen molar-refractivity contribution < 1.29 is 4.79 Å². The van der Waals surface area contributed by atoms with Gasteiger partial charge < -0.3 is 0 Å². The van der Waals surface area contributed by atoms with Crippen molar-refractivity contribution in [2.24, 2.45) is 0 Å². The highest BCUT2D eigenvalue weighted by atomic mass is 35.5. The third kappa shape index (κ3) is 8.83. The Morgan fingerprint density at radius 1 is 1.00 bits per heavy atom. The molecule has 3 heteroatoms. The van der Waals surface area contributed by atoms with Gasteiger partial charge in [0.1, 0.15) is 0 Å². The van der Waals surface area contributed by atoms with E-state index in [1.807, 2.05) is 0 Å². The first-order chi connectivity index (χ1) is 6.68. The molecule has 0 aliphatic carbocycles. The molecule has 0 aromatic carbocycles. The number of carbonyl (C=O) groups excluding carboxylic acids is 1. The minimum atomic E-state index is -0.824. The summed E-state index contributed by atoms with van der Waals surface area (Å²) in [5.74, 6) is -0.0399. The van der Waals surface area contributed by atoms with Crippen LogP contribution in [0.5, 0.6) is 0 Å². The Morgan fingerprint density at radius 2 is 1.50 bits per heavy atom. The van der Waals surface area contributed by atoms with Gasteiger partial charge in [-0.25, -0.2) is 0 Å². The van der Waals surface area contributed by atoms with E-state index >= 15 is 0 Å². The normalized spacial score (nSPS) is 10.9. The van der Waals surface area contributed by atoms with Crippen LogP contribution in [0.15, 0.2) is 0 Å². The quantitative estimate of drug-likeness (QED) is 0.427. The van der Waals surface area contributed by atoms with Crippen LogP contribution in [0.2, 0.25) is 0 Å². The number of halogens is 2. The predicted octanol–water partition coefficient (Wildman–Crippen LogP) is 4.50. The van der Waals surface area contributed by atoms with E-state index in [0.29, 0.717) is 6.42 Å². The van der Waals surface area contributed by atoms with Crippen molar-refractivity contribution in [3.05, 3.63) is 0 Å². The molecule has 0 amide bonds. The maximum atomic E-state index is 11.0. The maximum Gasteiger partial charge on any atom is 0.165 e. The highest BCUT2D eigenvalue weighted by Crippen LogP contribution is 2.12. The monoisotopic (exact) mass is 238 g/mol. The standard InChI is InChI=1S/C11H20Cl2O/c1-2-3-4-5-6-7-8-9-10(14)11(12)13/h11H,2-9H2,1H3. The van der Waals surface area contributed by atoms with Crippen molar-refractivity contribution in [3.8, 4) is 0 Å². The smallest absolute Gasteiger partial charge is 0.165 e. The van der Waals surface area contributed by atoms with Gasteiger partial charge in [0.2, 0.25) is 0 Å². The third-order valence-electron chi connectivity index (χ3n) is 2.27. The summed E-state index contributed by atoms with van der Waals surface area (Å²) in [5, 5.41) is 0. The van der Waals surface area contributed by atoms with Gasteiger partial charge in [-0.05, 0) is 6.42 Å². The Labute approximate surface area is 97.2 Å². The topological polar surface area (TPSA) is 17.1 Å². The zero-order valence-electron chi connectivity index (χ0n) is 8.90. The number of Topliss-reactive ketones (excluding diaryl/α,β-unsaturated/α-hetero) is 1. The molecule has 84 valence electrons. The molecule has 0 rings (SSSR count).